The molecule has 0 aliphatic heterocycles. The van der Waals surface area contributed by atoms with Crippen molar-refractivity contribution in [2.75, 3.05) is 18.0 Å². The molecule has 0 aliphatic rings. The van der Waals surface area contributed by atoms with Crippen LogP contribution in [0.4, 0.5) is 10.1 Å². The molecule has 0 spiro atoms. The van der Waals surface area contributed by atoms with Crippen molar-refractivity contribution in [3.63, 3.8) is 0 Å². The zero-order valence-electron chi connectivity index (χ0n) is 25.9. The van der Waals surface area contributed by atoms with Gasteiger partial charge in [0.2, 0.25) is 11.8 Å². The molecule has 8 nitrogen and oxygen atoms in total. The van der Waals surface area contributed by atoms with Crippen LogP contribution in [-0.4, -0.2) is 50.9 Å². The van der Waals surface area contributed by atoms with Crippen molar-refractivity contribution in [3.8, 4) is 5.75 Å². The Morgan fingerprint density at radius 1 is 0.913 bits per heavy atom. The molecule has 4 aromatic carbocycles. The number of anilines is 1. The average Bonchev–Trinajstić information content (AvgIpc) is 3.06. The van der Waals surface area contributed by atoms with Crippen LogP contribution in [0.2, 0.25) is 5.02 Å². The topological polar surface area (TPSA) is 96.0 Å². The summed E-state index contributed by atoms with van der Waals surface area (Å²) in [4.78, 5) is 29.6. The molecule has 1 N–H and O–H groups in total. The van der Waals surface area contributed by atoms with Gasteiger partial charge in [0.1, 0.15) is 24.2 Å². The van der Waals surface area contributed by atoms with Gasteiger partial charge in [0.05, 0.1) is 17.7 Å². The molecule has 0 saturated carbocycles. The molecule has 0 radical (unpaired) electrons. The van der Waals surface area contributed by atoms with Gasteiger partial charge in [-0.15, -0.1) is 0 Å². The predicted octanol–water partition coefficient (Wildman–Crippen LogP) is 6.24. The van der Waals surface area contributed by atoms with E-state index >= 15 is 0 Å². The lowest BCUT2D eigenvalue weighted by Crippen LogP contribution is -2.54. The number of hydrogen-bond acceptors (Lipinski definition) is 5. The van der Waals surface area contributed by atoms with Crippen molar-refractivity contribution < 1.29 is 27.1 Å². The van der Waals surface area contributed by atoms with Crippen molar-refractivity contribution in [3.05, 3.63) is 125 Å². The van der Waals surface area contributed by atoms with E-state index in [1.54, 1.807) is 24.3 Å². The van der Waals surface area contributed by atoms with Crippen LogP contribution in [0.15, 0.2) is 108 Å². The van der Waals surface area contributed by atoms with E-state index in [1.165, 1.54) is 48.4 Å². The summed E-state index contributed by atoms with van der Waals surface area (Å²) in [7, 11) is -2.88. The van der Waals surface area contributed by atoms with E-state index in [2.05, 4.69) is 5.32 Å². The number of ether oxygens (including phenoxy) is 1. The SMILES string of the molecule is CC[C@@H](C)NC(=O)[C@H](Cc1ccccc1)N(Cc1cccc(Cl)c1)C(=O)CN(c1ccc(F)cc1)S(=O)(=O)c1ccc(OC)cc1. The zero-order valence-corrected chi connectivity index (χ0v) is 27.5. The third-order valence-corrected chi connectivity index (χ3v) is 9.58. The number of rotatable bonds is 14. The van der Waals surface area contributed by atoms with Gasteiger partial charge in [0, 0.05) is 24.0 Å². The maximum Gasteiger partial charge on any atom is 0.264 e. The number of carbonyl (C=O) groups is 2. The number of benzene rings is 4. The number of sulfonamides is 1. The van der Waals surface area contributed by atoms with Crippen LogP contribution in [0.3, 0.4) is 0 Å². The van der Waals surface area contributed by atoms with Crippen LogP contribution in [0.5, 0.6) is 5.75 Å². The number of nitrogens with one attached hydrogen (secondary N) is 1. The first kappa shape index (κ1) is 34.5. The Bertz CT molecular complexity index is 1720. The second-order valence-corrected chi connectivity index (χ2v) is 13.1. The first-order valence-electron chi connectivity index (χ1n) is 14.8. The minimum atomic E-state index is -4.34. The molecule has 0 fully saturated rings. The molecule has 11 heteroatoms. The summed E-state index contributed by atoms with van der Waals surface area (Å²) < 4.78 is 48.2. The molecule has 0 aromatic heterocycles. The average molecular weight is 666 g/mol. The third-order valence-electron chi connectivity index (χ3n) is 7.55. The van der Waals surface area contributed by atoms with Crippen molar-refractivity contribution >= 4 is 39.1 Å². The quantitative estimate of drug-likeness (QED) is 0.172. The van der Waals surface area contributed by atoms with Gasteiger partial charge in [-0.05, 0) is 85.1 Å². The van der Waals surface area contributed by atoms with E-state index in [4.69, 9.17) is 16.3 Å². The zero-order chi connectivity index (χ0) is 33.3. The number of amides is 2. The lowest BCUT2D eigenvalue weighted by atomic mass is 10.0. The summed E-state index contributed by atoms with van der Waals surface area (Å²) in [6.07, 6.45) is 0.849. The van der Waals surface area contributed by atoms with Crippen LogP contribution in [0.25, 0.3) is 0 Å². The molecule has 0 bridgehead atoms. The number of halogens is 2. The second kappa shape index (κ2) is 15.7. The lowest BCUT2D eigenvalue weighted by molar-refractivity contribution is -0.140. The summed E-state index contributed by atoms with van der Waals surface area (Å²) in [5, 5.41) is 3.44. The fourth-order valence-electron chi connectivity index (χ4n) is 4.84. The lowest BCUT2D eigenvalue weighted by Gasteiger charge is -2.34. The highest BCUT2D eigenvalue weighted by atomic mass is 35.5. The van der Waals surface area contributed by atoms with E-state index < -0.39 is 34.3 Å². The van der Waals surface area contributed by atoms with Crippen LogP contribution >= 0.6 is 11.6 Å². The van der Waals surface area contributed by atoms with Crippen LogP contribution < -0.4 is 14.4 Å². The predicted molar refractivity (Wildman–Crippen MR) is 178 cm³/mol. The van der Waals surface area contributed by atoms with Crippen LogP contribution in [0, 0.1) is 5.82 Å². The summed E-state index contributed by atoms with van der Waals surface area (Å²) in [5.41, 5.74) is 1.55. The van der Waals surface area contributed by atoms with Crippen molar-refractivity contribution in [2.24, 2.45) is 0 Å². The Morgan fingerprint density at radius 2 is 1.57 bits per heavy atom. The molecule has 0 unspecified atom stereocenters. The number of carbonyl (C=O) groups excluding carboxylic acids is 2. The number of nitrogens with zero attached hydrogens (tertiary/aromatic N) is 2. The van der Waals surface area contributed by atoms with Crippen molar-refractivity contribution in [2.45, 2.75) is 50.2 Å². The van der Waals surface area contributed by atoms with E-state index in [0.717, 1.165) is 22.0 Å². The molecule has 46 heavy (non-hydrogen) atoms. The Kier molecular flexibility index (Phi) is 11.8. The Balaban J connectivity index is 1.80. The summed E-state index contributed by atoms with van der Waals surface area (Å²) in [6, 6.07) is 25.6. The Morgan fingerprint density at radius 3 is 2.17 bits per heavy atom. The van der Waals surface area contributed by atoms with Gasteiger partial charge in [-0.1, -0.05) is 61.0 Å². The molecule has 2 amide bonds. The fourth-order valence-corrected chi connectivity index (χ4v) is 6.47. The summed E-state index contributed by atoms with van der Waals surface area (Å²) in [5.74, 6) is -1.13. The van der Waals surface area contributed by atoms with Gasteiger partial charge >= 0.3 is 0 Å². The van der Waals surface area contributed by atoms with Gasteiger partial charge in [0.25, 0.3) is 10.0 Å². The van der Waals surface area contributed by atoms with Gasteiger partial charge < -0.3 is 15.0 Å². The second-order valence-electron chi connectivity index (χ2n) is 10.8. The maximum absolute atomic E-state index is 14.5. The standard InChI is InChI=1S/C35H37ClFN3O5S/c1-4-25(2)38-35(42)33(22-26-9-6-5-7-10-26)39(23-27-11-8-12-28(36)21-27)34(41)24-40(30-15-13-29(37)14-16-30)46(43,44)32-19-17-31(45-3)18-20-32/h5-21,25,33H,4,22-24H2,1-3H3,(H,38,42)/t25-,33+/m1/s1. The molecular weight excluding hydrogens is 629 g/mol. The number of hydrogen-bond donors (Lipinski definition) is 1. The first-order chi connectivity index (χ1) is 22.0. The van der Waals surface area contributed by atoms with Crippen molar-refractivity contribution in [1.82, 2.24) is 10.2 Å². The Labute approximate surface area is 274 Å². The number of methoxy groups -OCH3 is 1. The van der Waals surface area contributed by atoms with Gasteiger partial charge in [0.15, 0.2) is 0 Å². The first-order valence-corrected chi connectivity index (χ1v) is 16.6. The van der Waals surface area contributed by atoms with Gasteiger partial charge in [-0.25, -0.2) is 12.8 Å². The molecule has 4 aromatic rings. The minimum Gasteiger partial charge on any atom is -0.497 e. The highest BCUT2D eigenvalue weighted by Crippen LogP contribution is 2.27. The molecule has 2 atom stereocenters. The molecule has 4 rings (SSSR count). The smallest absolute Gasteiger partial charge is 0.264 e. The summed E-state index contributed by atoms with van der Waals surface area (Å²) in [6.45, 7) is 3.13. The monoisotopic (exact) mass is 665 g/mol. The maximum atomic E-state index is 14.5. The van der Waals surface area contributed by atoms with Gasteiger partial charge in [-0.2, -0.15) is 0 Å². The highest BCUT2D eigenvalue weighted by Gasteiger charge is 2.35. The largest absolute Gasteiger partial charge is 0.497 e. The minimum absolute atomic E-state index is 0.0232. The molecule has 0 saturated heterocycles. The van der Waals surface area contributed by atoms with E-state index in [1.807, 2.05) is 44.2 Å². The van der Waals surface area contributed by atoms with Crippen LogP contribution in [-0.2, 0) is 32.6 Å². The fraction of sp³-hybridized carbons (Fsp3) is 0.257. The summed E-state index contributed by atoms with van der Waals surface area (Å²) >= 11 is 6.28. The normalized spacial score (nSPS) is 12.5. The van der Waals surface area contributed by atoms with Crippen LogP contribution in [0.1, 0.15) is 31.4 Å². The molecule has 0 heterocycles. The third kappa shape index (κ3) is 8.86. The van der Waals surface area contributed by atoms with E-state index in [-0.39, 0.29) is 35.5 Å². The van der Waals surface area contributed by atoms with Gasteiger partial charge in [-0.3, -0.25) is 13.9 Å². The molecular formula is C35H37ClFN3O5S. The van der Waals surface area contributed by atoms with Crippen molar-refractivity contribution in [1.29, 1.82) is 0 Å². The van der Waals surface area contributed by atoms with E-state index in [0.29, 0.717) is 22.8 Å². The molecule has 0 aliphatic carbocycles. The Hall–Kier alpha value is -4.41. The van der Waals surface area contributed by atoms with E-state index in [9.17, 15) is 22.4 Å². The molecule has 242 valence electrons. The highest BCUT2D eigenvalue weighted by molar-refractivity contribution is 7.92.